The Hall–Kier alpha value is -7.56. The van der Waals surface area contributed by atoms with Gasteiger partial charge in [-0.25, -0.2) is 24.0 Å². The number of Topliss-reactive ketones (excluding diaryl/α,β-unsaturated/α-hetero) is 5. The zero-order valence-corrected chi connectivity index (χ0v) is 59.6. The number of benzene rings is 4. The van der Waals surface area contributed by atoms with Crippen molar-refractivity contribution in [2.24, 2.45) is 21.7 Å². The lowest BCUT2D eigenvalue weighted by Crippen LogP contribution is -2.83. The fraction of sp³-hybridized carbons (Fsp3) is 0.436. The third-order valence-corrected chi connectivity index (χ3v) is 24.0. The van der Waals surface area contributed by atoms with Crippen LogP contribution in [-0.2, 0) is 82.5 Å². The van der Waals surface area contributed by atoms with Crippen LogP contribution in [0.2, 0.25) is 0 Å². The second kappa shape index (κ2) is 28.3. The molecule has 516 valence electrons. The average Bonchev–Trinajstić information content (AvgIpc) is 0.641. The van der Waals surface area contributed by atoms with Gasteiger partial charge in [0.2, 0.25) is 14.4 Å². The van der Waals surface area contributed by atoms with Crippen molar-refractivity contribution in [2.45, 2.75) is 187 Å². The fourth-order valence-electron chi connectivity index (χ4n) is 16.2. The van der Waals surface area contributed by atoms with E-state index in [4.69, 9.17) is 70.1 Å². The first-order chi connectivity index (χ1) is 45.3. The lowest BCUT2D eigenvalue weighted by molar-refractivity contribution is -0.258. The number of ether oxygens (including phenoxy) is 5. The van der Waals surface area contributed by atoms with Crippen LogP contribution in [0.25, 0.3) is 0 Å². The molecule has 0 aliphatic heterocycles. The first-order valence-electron chi connectivity index (χ1n) is 32.3. The minimum Gasteiger partial charge on any atom is -0.455 e. The number of alkyl halides is 4. The van der Waals surface area contributed by atoms with E-state index in [0.717, 1.165) is 97.9 Å². The summed E-state index contributed by atoms with van der Waals surface area (Å²) in [5.41, 5.74) is -6.41. The van der Waals surface area contributed by atoms with Crippen LogP contribution in [0.5, 0.6) is 0 Å². The van der Waals surface area contributed by atoms with Gasteiger partial charge in [-0.15, -0.1) is 0 Å². The summed E-state index contributed by atoms with van der Waals surface area (Å²) in [7, 11) is 0. The molecule has 0 bridgehead atoms. The van der Waals surface area contributed by atoms with Gasteiger partial charge in [0.05, 0.1) is 21.7 Å². The normalized spacial score (nSPS) is 22.5. The van der Waals surface area contributed by atoms with Gasteiger partial charge in [0.25, 0.3) is 0 Å². The van der Waals surface area contributed by atoms with Crippen molar-refractivity contribution < 1.29 is 71.6 Å². The summed E-state index contributed by atoms with van der Waals surface area (Å²) in [5, 5.41) is 0. The highest BCUT2D eigenvalue weighted by atomic mass is 35.5. The summed E-state index contributed by atoms with van der Waals surface area (Å²) < 4.78 is 23.4. The number of halogens is 4. The number of hydrogen-bond acceptors (Lipinski definition) is 15. The van der Waals surface area contributed by atoms with E-state index < -0.39 is 98.8 Å². The molecule has 0 atom stereocenters. The van der Waals surface area contributed by atoms with E-state index in [0.29, 0.717) is 18.6 Å². The van der Waals surface area contributed by atoms with Gasteiger partial charge in [-0.2, -0.15) is 0 Å². The molecule has 4 aromatic rings. The molecule has 7 fully saturated rings. The largest absolute Gasteiger partial charge is 0.455 e. The molecule has 0 radical (unpaired) electrons. The van der Waals surface area contributed by atoms with Crippen molar-refractivity contribution in [1.29, 1.82) is 0 Å². The van der Waals surface area contributed by atoms with Crippen LogP contribution in [0.3, 0.4) is 0 Å². The number of hydrogen-bond donors (Lipinski definition) is 0. The van der Waals surface area contributed by atoms with Crippen molar-refractivity contribution >= 4 is 105 Å². The SMILES string of the molecule is C=CC(=O)OC1(C)C(C)(C)C(=O)C1(C)C.C=CC(=O)OC1(C)C(Cl)(Cl)C(=O)C1(Cl)Cl.C=CC(=O)OC1(C)C(c2ccccc2)(c2ccccc2)C(=O)C1(c1ccccc1)c1ccccc1.C=CC(=O)OC1(C)C2(CCCCC2)C(=O)C12CCCCC2.C=CC(=O)OC1(C)CC(=O)C1. The molecular formula is C78H86Cl4O15. The molecule has 97 heavy (non-hydrogen) atoms. The fourth-order valence-corrected chi connectivity index (χ4v) is 17.9. The third-order valence-electron chi connectivity index (χ3n) is 21.9. The Balaban J connectivity index is 0.000000184. The van der Waals surface area contributed by atoms with Gasteiger partial charge in [0, 0.05) is 43.2 Å². The van der Waals surface area contributed by atoms with Crippen LogP contribution >= 0.6 is 46.4 Å². The van der Waals surface area contributed by atoms with Crippen molar-refractivity contribution in [3.05, 3.63) is 207 Å². The minimum absolute atomic E-state index is 0.0424. The van der Waals surface area contributed by atoms with Crippen molar-refractivity contribution in [3.8, 4) is 0 Å². The highest BCUT2D eigenvalue weighted by Gasteiger charge is 2.84. The Morgan fingerprint density at radius 3 is 0.897 bits per heavy atom. The van der Waals surface area contributed by atoms with Gasteiger partial charge in [-0.05, 0) is 110 Å². The van der Waals surface area contributed by atoms with Crippen LogP contribution in [0.4, 0.5) is 0 Å². The van der Waals surface area contributed by atoms with Crippen molar-refractivity contribution in [2.75, 3.05) is 0 Å². The third kappa shape index (κ3) is 12.1. The number of ketones is 5. The molecule has 19 heteroatoms. The van der Waals surface area contributed by atoms with Gasteiger partial charge >= 0.3 is 29.8 Å². The summed E-state index contributed by atoms with van der Waals surface area (Å²) in [6.45, 7) is 32.9. The van der Waals surface area contributed by atoms with E-state index in [1.807, 2.05) is 135 Å². The molecule has 0 amide bonds. The van der Waals surface area contributed by atoms with Crippen LogP contribution < -0.4 is 0 Å². The van der Waals surface area contributed by atoms with E-state index in [-0.39, 0.29) is 23.3 Å². The van der Waals surface area contributed by atoms with Gasteiger partial charge in [-0.3, -0.25) is 24.0 Å². The Bertz CT molecular complexity index is 3450. The Labute approximate surface area is 588 Å². The number of esters is 5. The molecule has 7 saturated carbocycles. The predicted molar refractivity (Wildman–Crippen MR) is 373 cm³/mol. The van der Waals surface area contributed by atoms with Crippen LogP contribution in [-0.4, -0.2) is 95.4 Å². The molecule has 0 aromatic heterocycles. The number of rotatable bonds is 14. The highest BCUT2D eigenvalue weighted by Crippen LogP contribution is 2.72. The number of carbonyl (C=O) groups excluding carboxylic acids is 10. The first kappa shape index (κ1) is 76.8. The topological polar surface area (TPSA) is 217 Å². The average molecular weight is 1410 g/mol. The summed E-state index contributed by atoms with van der Waals surface area (Å²) >= 11 is 22.7. The van der Waals surface area contributed by atoms with E-state index in [1.54, 1.807) is 41.5 Å². The molecule has 0 heterocycles. The molecule has 7 aliphatic rings. The molecule has 15 nitrogen and oxygen atoms in total. The smallest absolute Gasteiger partial charge is 0.330 e. The summed E-state index contributed by atoms with van der Waals surface area (Å²) in [5.74, 6) is -2.91. The van der Waals surface area contributed by atoms with Crippen molar-refractivity contribution in [3.63, 3.8) is 0 Å². The van der Waals surface area contributed by atoms with Gasteiger partial charge in [-0.1, -0.05) is 239 Å². The molecule has 4 aromatic carbocycles. The maximum atomic E-state index is 15.1. The maximum Gasteiger partial charge on any atom is 0.330 e. The molecule has 11 rings (SSSR count). The minimum atomic E-state index is -1.95. The van der Waals surface area contributed by atoms with Gasteiger partial charge in [0.15, 0.2) is 28.6 Å². The molecule has 0 unspecified atom stereocenters. The van der Waals surface area contributed by atoms with Gasteiger partial charge in [0.1, 0.15) is 33.4 Å². The van der Waals surface area contributed by atoms with Crippen LogP contribution in [0, 0.1) is 21.7 Å². The summed E-state index contributed by atoms with van der Waals surface area (Å²) in [6, 6.07) is 38.4. The highest BCUT2D eigenvalue weighted by molar-refractivity contribution is 6.75. The molecular weight excluding hydrogens is 1320 g/mol. The van der Waals surface area contributed by atoms with E-state index in [9.17, 15) is 43.2 Å². The zero-order chi connectivity index (χ0) is 72.3. The standard InChI is InChI=1S/C32H26O3.C18H26O3.C12H18O3.C8H6Cl4O3.C8H10O3/c1-3-28(33)35-30(2)31(24-16-8-4-9-17-24,25-18-10-5-11-19-25)29(34)32(30,26-20-12-6-13-21-26)27-22-14-7-15-23-27;1-3-14(19)21-16(2)17(10-6-4-7-11-17)15(20)18(16)12-8-5-9-13-18;1-7-8(13)15-12(6)10(2,3)9(14)11(12,4)5;1-3-4(13)15-6(2)7(9,10)5(14)8(6,11)12;1-3-7(10)11-8(2)4-6(9)5-8/h3-23H,1H2,2H3;3H,1,4-13H2,2H3;7H,1H2,2-6H3;3H,1H2,2H3;3H,1,4-5H2,2H3. The Kier molecular flexibility index (Phi) is 22.4. The van der Waals surface area contributed by atoms with Crippen LogP contribution in [0.1, 0.15) is 162 Å². The van der Waals surface area contributed by atoms with E-state index in [1.165, 1.54) is 25.8 Å². The molecule has 0 N–H and O–H groups in total. The molecule has 2 spiro atoms. The van der Waals surface area contributed by atoms with E-state index in [2.05, 4.69) is 32.9 Å². The lowest BCUT2D eigenvalue weighted by Gasteiger charge is -2.69. The Morgan fingerprint density at radius 1 is 0.340 bits per heavy atom. The van der Waals surface area contributed by atoms with Crippen molar-refractivity contribution in [1.82, 2.24) is 0 Å². The Morgan fingerprint density at radius 2 is 0.608 bits per heavy atom. The maximum absolute atomic E-state index is 15.1. The quantitative estimate of drug-likeness (QED) is 0.0496. The van der Waals surface area contributed by atoms with Crippen LogP contribution in [0.15, 0.2) is 185 Å². The second-order valence-corrected chi connectivity index (χ2v) is 30.2. The summed E-state index contributed by atoms with van der Waals surface area (Å²) in [4.78, 5) is 120. The monoisotopic (exact) mass is 1400 g/mol. The predicted octanol–water partition coefficient (Wildman–Crippen LogP) is 15.3. The number of carbonyl (C=O) groups is 10. The van der Waals surface area contributed by atoms with E-state index >= 15 is 4.79 Å². The summed E-state index contributed by atoms with van der Waals surface area (Å²) in [6.07, 6.45) is 16.4. The first-order valence-corrected chi connectivity index (χ1v) is 33.8. The second-order valence-electron chi connectivity index (χ2n) is 27.6. The zero-order valence-electron chi connectivity index (χ0n) is 56.6. The van der Waals surface area contributed by atoms with Gasteiger partial charge < -0.3 is 23.7 Å². The lowest BCUT2D eigenvalue weighted by atomic mass is 9.35. The molecule has 0 saturated heterocycles. The molecule has 7 aliphatic carbocycles.